The van der Waals surface area contributed by atoms with Crippen molar-refractivity contribution in [2.45, 2.75) is 0 Å². The van der Waals surface area contributed by atoms with Crippen LogP contribution in [-0.4, -0.2) is 9.97 Å². The molecule has 8 rings (SSSR count). The number of halogens is 1. The summed E-state index contributed by atoms with van der Waals surface area (Å²) in [6.45, 7) is 0. The van der Waals surface area contributed by atoms with Crippen molar-refractivity contribution >= 4 is 22.4 Å². The lowest BCUT2D eigenvalue weighted by molar-refractivity contribution is 1.18. The maximum atomic E-state index is 6.12. The van der Waals surface area contributed by atoms with Gasteiger partial charge in [0.25, 0.3) is 0 Å². The lowest BCUT2D eigenvalue weighted by Gasteiger charge is -2.14. The third kappa shape index (κ3) is 5.83. The summed E-state index contributed by atoms with van der Waals surface area (Å²) in [6, 6.07) is 61.1. The Morgan fingerprint density at radius 2 is 0.745 bits per heavy atom. The molecule has 8 aromatic rings. The number of fused-ring (bicyclic) bond motifs is 1. The van der Waals surface area contributed by atoms with Gasteiger partial charge in [-0.15, -0.1) is 0 Å². The molecule has 7 aromatic carbocycles. The zero-order valence-corrected chi connectivity index (χ0v) is 26.3. The molecule has 0 saturated heterocycles. The van der Waals surface area contributed by atoms with E-state index in [1.165, 1.54) is 22.1 Å². The van der Waals surface area contributed by atoms with Crippen LogP contribution >= 0.6 is 11.6 Å². The molecule has 1 aromatic heterocycles. The van der Waals surface area contributed by atoms with Crippen LogP contribution in [0.3, 0.4) is 0 Å². The normalized spacial score (nSPS) is 11.1. The third-order valence-electron chi connectivity index (χ3n) is 8.62. The molecule has 0 bridgehead atoms. The van der Waals surface area contributed by atoms with Crippen molar-refractivity contribution in [2.24, 2.45) is 0 Å². The van der Waals surface area contributed by atoms with Crippen molar-refractivity contribution in [3.63, 3.8) is 0 Å². The first kappa shape index (κ1) is 28.6. The van der Waals surface area contributed by atoms with Crippen LogP contribution in [0.5, 0.6) is 0 Å². The Morgan fingerprint density at radius 1 is 0.319 bits per heavy atom. The van der Waals surface area contributed by atoms with Gasteiger partial charge in [-0.1, -0.05) is 169 Å². The van der Waals surface area contributed by atoms with E-state index in [4.69, 9.17) is 21.6 Å². The van der Waals surface area contributed by atoms with Crippen LogP contribution in [-0.2, 0) is 0 Å². The number of aromatic nitrogens is 2. The van der Waals surface area contributed by atoms with Gasteiger partial charge in [-0.25, -0.2) is 9.97 Å². The van der Waals surface area contributed by atoms with E-state index in [0.29, 0.717) is 5.82 Å². The van der Waals surface area contributed by atoms with Crippen molar-refractivity contribution in [2.75, 3.05) is 0 Å². The second-order valence-corrected chi connectivity index (χ2v) is 12.0. The quantitative estimate of drug-likeness (QED) is 0.185. The fraction of sp³-hybridized carbons (Fsp3) is 0. The maximum absolute atomic E-state index is 6.12. The first-order valence-corrected chi connectivity index (χ1v) is 16.1. The minimum absolute atomic E-state index is 0.705. The van der Waals surface area contributed by atoms with Gasteiger partial charge in [-0.05, 0) is 62.4 Å². The Labute approximate surface area is 279 Å². The van der Waals surface area contributed by atoms with Gasteiger partial charge in [0, 0.05) is 21.7 Å². The minimum Gasteiger partial charge on any atom is -0.228 e. The van der Waals surface area contributed by atoms with Gasteiger partial charge in [0.15, 0.2) is 5.82 Å². The molecule has 0 atom stereocenters. The molecule has 0 aliphatic carbocycles. The van der Waals surface area contributed by atoms with E-state index in [0.717, 1.165) is 55.2 Å². The van der Waals surface area contributed by atoms with Gasteiger partial charge in [0.05, 0.1) is 11.4 Å². The van der Waals surface area contributed by atoms with Gasteiger partial charge >= 0.3 is 0 Å². The molecule has 1 heterocycles. The second-order valence-electron chi connectivity index (χ2n) is 11.6. The molecule has 0 saturated carbocycles. The van der Waals surface area contributed by atoms with Crippen molar-refractivity contribution in [3.8, 4) is 67.3 Å². The Morgan fingerprint density at radius 3 is 1.36 bits per heavy atom. The highest BCUT2D eigenvalue weighted by atomic mass is 35.5. The molecule has 0 N–H and O–H groups in total. The van der Waals surface area contributed by atoms with E-state index >= 15 is 0 Å². The van der Waals surface area contributed by atoms with Crippen LogP contribution in [0, 0.1) is 0 Å². The van der Waals surface area contributed by atoms with E-state index in [9.17, 15) is 0 Å². The Balaban J connectivity index is 1.22. The monoisotopic (exact) mass is 620 g/mol. The molecule has 0 spiro atoms. The van der Waals surface area contributed by atoms with Gasteiger partial charge in [-0.3, -0.25) is 0 Å². The summed E-state index contributed by atoms with van der Waals surface area (Å²) < 4.78 is 0. The highest BCUT2D eigenvalue weighted by Crippen LogP contribution is 2.37. The largest absolute Gasteiger partial charge is 0.228 e. The summed E-state index contributed by atoms with van der Waals surface area (Å²) in [5.74, 6) is 0.705. The third-order valence-corrected chi connectivity index (χ3v) is 8.87. The summed E-state index contributed by atoms with van der Waals surface area (Å²) in [5, 5.41) is 3.07. The number of hydrogen-bond acceptors (Lipinski definition) is 2. The standard InChI is InChI=1S/C44H29ClN2/c45-37-25-23-33(24-26-37)32-15-19-34(20-16-32)38-27-28-41(40-14-8-7-13-39(38)40)43-29-42(46-44(47-43)36-11-5-2-6-12-36)35-21-17-31(18-22-35)30-9-3-1-4-10-30/h1-29H. The molecule has 0 fully saturated rings. The average Bonchev–Trinajstić information content (AvgIpc) is 3.15. The maximum Gasteiger partial charge on any atom is 0.160 e. The molecule has 222 valence electrons. The van der Waals surface area contributed by atoms with Crippen LogP contribution < -0.4 is 0 Å². The lowest BCUT2D eigenvalue weighted by Crippen LogP contribution is -1.96. The molecule has 47 heavy (non-hydrogen) atoms. The van der Waals surface area contributed by atoms with Gasteiger partial charge in [-0.2, -0.15) is 0 Å². The molecule has 0 amide bonds. The second kappa shape index (κ2) is 12.5. The van der Waals surface area contributed by atoms with Crippen molar-refractivity contribution in [3.05, 3.63) is 181 Å². The van der Waals surface area contributed by atoms with E-state index in [1.54, 1.807) is 0 Å². The molecule has 2 nitrogen and oxygen atoms in total. The van der Waals surface area contributed by atoms with Crippen molar-refractivity contribution in [1.82, 2.24) is 9.97 Å². The summed E-state index contributed by atoms with van der Waals surface area (Å²) in [4.78, 5) is 10.2. The number of benzene rings is 7. The first-order chi connectivity index (χ1) is 23.2. The zero-order valence-electron chi connectivity index (χ0n) is 25.5. The van der Waals surface area contributed by atoms with Gasteiger partial charge < -0.3 is 0 Å². The molecule has 0 aliphatic rings. The fourth-order valence-corrected chi connectivity index (χ4v) is 6.30. The fourth-order valence-electron chi connectivity index (χ4n) is 6.17. The van der Waals surface area contributed by atoms with Crippen LogP contribution in [0.2, 0.25) is 5.02 Å². The SMILES string of the molecule is Clc1ccc(-c2ccc(-c3ccc(-c4cc(-c5ccc(-c6ccccc6)cc5)nc(-c5ccccc5)n4)c4ccccc34)cc2)cc1. The predicted molar refractivity (Wildman–Crippen MR) is 197 cm³/mol. The summed E-state index contributed by atoms with van der Waals surface area (Å²) in [5.41, 5.74) is 11.9. The highest BCUT2D eigenvalue weighted by Gasteiger charge is 2.15. The Kier molecular flexibility index (Phi) is 7.62. The molecule has 3 heteroatoms. The van der Waals surface area contributed by atoms with E-state index in [-0.39, 0.29) is 0 Å². The number of hydrogen-bond donors (Lipinski definition) is 0. The molecule has 0 aliphatic heterocycles. The van der Waals surface area contributed by atoms with Crippen LogP contribution in [0.25, 0.3) is 78.1 Å². The molecule has 0 radical (unpaired) electrons. The van der Waals surface area contributed by atoms with Crippen LogP contribution in [0.15, 0.2) is 176 Å². The van der Waals surface area contributed by atoms with E-state index in [2.05, 4.69) is 140 Å². The molecule has 0 unspecified atom stereocenters. The van der Waals surface area contributed by atoms with Crippen molar-refractivity contribution in [1.29, 1.82) is 0 Å². The van der Waals surface area contributed by atoms with E-state index in [1.807, 2.05) is 36.4 Å². The summed E-state index contributed by atoms with van der Waals surface area (Å²) >= 11 is 6.12. The van der Waals surface area contributed by atoms with Gasteiger partial charge in [0.1, 0.15) is 0 Å². The van der Waals surface area contributed by atoms with E-state index < -0.39 is 0 Å². The average molecular weight is 621 g/mol. The first-order valence-electron chi connectivity index (χ1n) is 15.7. The zero-order chi connectivity index (χ0) is 31.6. The topological polar surface area (TPSA) is 25.8 Å². The van der Waals surface area contributed by atoms with Gasteiger partial charge in [0.2, 0.25) is 0 Å². The predicted octanol–water partition coefficient (Wildman–Crippen LogP) is 12.3. The molecular weight excluding hydrogens is 592 g/mol. The lowest BCUT2D eigenvalue weighted by atomic mass is 9.92. The molecular formula is C44H29ClN2. The smallest absolute Gasteiger partial charge is 0.160 e. The van der Waals surface area contributed by atoms with Crippen LogP contribution in [0.1, 0.15) is 0 Å². The minimum atomic E-state index is 0.705. The Hall–Kier alpha value is -5.83. The highest BCUT2D eigenvalue weighted by molar-refractivity contribution is 6.30. The summed E-state index contributed by atoms with van der Waals surface area (Å²) in [7, 11) is 0. The Bertz CT molecular complexity index is 2310. The van der Waals surface area contributed by atoms with Crippen LogP contribution in [0.4, 0.5) is 0 Å². The summed E-state index contributed by atoms with van der Waals surface area (Å²) in [6.07, 6.45) is 0. The van der Waals surface area contributed by atoms with Crippen molar-refractivity contribution < 1.29 is 0 Å². The number of nitrogens with zero attached hydrogens (tertiary/aromatic N) is 2. The number of rotatable bonds is 6.